The summed E-state index contributed by atoms with van der Waals surface area (Å²) < 4.78 is 108. The van der Waals surface area contributed by atoms with Crippen LogP contribution in [-0.4, -0.2) is 124 Å². The minimum Gasteiger partial charge on any atom is -0.475 e. The zero-order chi connectivity index (χ0) is 34.5. The normalized spacial score (nSPS) is 22.6. The maximum absolute atomic E-state index is 10.6. The summed E-state index contributed by atoms with van der Waals surface area (Å²) in [6.45, 7) is 7.91. The van der Waals surface area contributed by atoms with Crippen LogP contribution in [0.5, 0.6) is 0 Å². The molecule has 20 heteroatoms. The maximum Gasteiger partial charge on any atom is 0.490 e. The molecule has 3 fully saturated rings. The van der Waals surface area contributed by atoms with Crippen molar-refractivity contribution in [3.8, 4) is 0 Å². The highest BCUT2D eigenvalue weighted by Crippen LogP contribution is 2.34. The summed E-state index contributed by atoms with van der Waals surface area (Å²) in [5, 5.41) is 21.4. The third-order valence-electron chi connectivity index (χ3n) is 6.27. The molecule has 0 radical (unpaired) electrons. The fourth-order valence-corrected chi connectivity index (χ4v) is 4.34. The Hall–Kier alpha value is -3.23. The van der Waals surface area contributed by atoms with Gasteiger partial charge in [-0.2, -0.15) is 39.5 Å². The van der Waals surface area contributed by atoms with E-state index in [1.54, 1.807) is 0 Å². The Labute approximate surface area is 250 Å². The molecule has 0 aliphatic carbocycles. The third-order valence-corrected chi connectivity index (χ3v) is 6.27. The quantitative estimate of drug-likeness (QED) is 0.401. The van der Waals surface area contributed by atoms with Crippen LogP contribution in [0.15, 0.2) is 24.4 Å². The number of aromatic nitrogens is 1. The van der Waals surface area contributed by atoms with Crippen molar-refractivity contribution in [2.45, 2.75) is 62.5 Å². The number of carbonyl (C=O) groups is 3. The lowest BCUT2D eigenvalue weighted by Crippen LogP contribution is -2.45. The molecule has 3 aliphatic heterocycles. The first kappa shape index (κ1) is 39.8. The lowest BCUT2D eigenvalue weighted by Gasteiger charge is -2.32. The molecule has 3 aliphatic rings. The summed E-state index contributed by atoms with van der Waals surface area (Å²) in [5.41, 5.74) is 1.01. The minimum absolute atomic E-state index is 0.115. The molecule has 2 unspecified atom stereocenters. The first-order valence-electron chi connectivity index (χ1n) is 13.1. The van der Waals surface area contributed by atoms with Gasteiger partial charge in [0.1, 0.15) is 5.60 Å². The molecule has 0 aromatic carbocycles. The van der Waals surface area contributed by atoms with Gasteiger partial charge >= 0.3 is 36.4 Å². The van der Waals surface area contributed by atoms with Gasteiger partial charge in [-0.1, -0.05) is 6.07 Å². The van der Waals surface area contributed by atoms with E-state index in [-0.39, 0.29) is 5.60 Å². The predicted octanol–water partition coefficient (Wildman–Crippen LogP) is 3.83. The van der Waals surface area contributed by atoms with Crippen molar-refractivity contribution in [1.82, 2.24) is 14.8 Å². The highest BCUT2D eigenvalue weighted by atomic mass is 19.4. The van der Waals surface area contributed by atoms with Gasteiger partial charge in [-0.15, -0.1) is 0 Å². The molecule has 45 heavy (non-hydrogen) atoms. The van der Waals surface area contributed by atoms with Crippen LogP contribution in [0.3, 0.4) is 0 Å². The van der Waals surface area contributed by atoms with Crippen LogP contribution in [-0.2, 0) is 30.4 Å². The van der Waals surface area contributed by atoms with Crippen LogP contribution in [0, 0.1) is 0 Å². The topological polar surface area (TPSA) is 150 Å². The third kappa shape index (κ3) is 16.1. The Morgan fingerprint density at radius 1 is 0.844 bits per heavy atom. The largest absolute Gasteiger partial charge is 0.490 e. The number of carboxylic acid groups (broad SMARTS) is 3. The molecule has 2 atom stereocenters. The first-order valence-corrected chi connectivity index (χ1v) is 13.1. The number of aliphatic carboxylic acids is 3. The lowest BCUT2D eigenvalue weighted by atomic mass is 10.00. The summed E-state index contributed by atoms with van der Waals surface area (Å²) in [7, 11) is 0. The summed E-state index contributed by atoms with van der Waals surface area (Å²) in [6.07, 6.45) is -8.03. The Morgan fingerprint density at radius 2 is 1.36 bits per heavy atom. The van der Waals surface area contributed by atoms with E-state index in [4.69, 9.17) is 39.2 Å². The predicted molar refractivity (Wildman–Crippen MR) is 134 cm³/mol. The van der Waals surface area contributed by atoms with Gasteiger partial charge in [0.25, 0.3) is 0 Å². The number of halogens is 9. The summed E-state index contributed by atoms with van der Waals surface area (Å²) in [4.78, 5) is 36.2. The lowest BCUT2D eigenvalue weighted by molar-refractivity contribution is -0.193. The zero-order valence-corrected chi connectivity index (χ0v) is 23.5. The number of alkyl halides is 9. The van der Waals surface area contributed by atoms with Crippen molar-refractivity contribution >= 4 is 17.9 Å². The number of carboxylic acids is 3. The number of pyridine rings is 1. The second kappa shape index (κ2) is 17.5. The Morgan fingerprint density at radius 3 is 1.80 bits per heavy atom. The standard InChI is InChI=1S/C19H29N3O2.3C2HF3O2/c1-2-8-20-17(5-1)13-22-11-12-23-16-19(15-22)7-6-18(24-19)14-21-9-3-4-10-21;3*3-2(4,5)1(6)7/h1-2,5,8,18H,3-4,6-7,9-16H2;3*(H,6,7). The highest BCUT2D eigenvalue weighted by Gasteiger charge is 2.44. The van der Waals surface area contributed by atoms with E-state index >= 15 is 0 Å². The molecular weight excluding hydrogens is 641 g/mol. The number of likely N-dealkylation sites (tertiary alicyclic amines) is 1. The number of nitrogens with zero attached hydrogens (tertiary/aromatic N) is 3. The van der Waals surface area contributed by atoms with Crippen LogP contribution in [0.25, 0.3) is 0 Å². The molecule has 4 heterocycles. The number of hydrogen-bond donors (Lipinski definition) is 3. The second-order valence-electron chi connectivity index (χ2n) is 9.96. The van der Waals surface area contributed by atoms with E-state index in [2.05, 4.69) is 26.9 Å². The molecule has 0 amide bonds. The average Bonchev–Trinajstić information content (AvgIpc) is 3.52. The Kier molecular flexibility index (Phi) is 15.4. The number of rotatable bonds is 4. The number of hydrogen-bond acceptors (Lipinski definition) is 8. The average molecular weight is 674 g/mol. The Bertz CT molecular complexity index is 1010. The van der Waals surface area contributed by atoms with Crippen LogP contribution in [0.2, 0.25) is 0 Å². The van der Waals surface area contributed by atoms with E-state index in [0.717, 1.165) is 57.9 Å². The van der Waals surface area contributed by atoms with Gasteiger partial charge in [0.15, 0.2) is 0 Å². The first-order chi connectivity index (χ1) is 20.6. The van der Waals surface area contributed by atoms with Crippen molar-refractivity contribution in [2.24, 2.45) is 0 Å². The van der Waals surface area contributed by atoms with Crippen molar-refractivity contribution in [3.63, 3.8) is 0 Å². The molecule has 3 saturated heterocycles. The maximum atomic E-state index is 10.6. The summed E-state index contributed by atoms with van der Waals surface area (Å²) >= 11 is 0. The van der Waals surface area contributed by atoms with E-state index in [9.17, 15) is 39.5 Å². The van der Waals surface area contributed by atoms with Gasteiger partial charge in [0, 0.05) is 32.4 Å². The van der Waals surface area contributed by atoms with Crippen LogP contribution >= 0.6 is 0 Å². The van der Waals surface area contributed by atoms with Crippen LogP contribution in [0.4, 0.5) is 39.5 Å². The van der Waals surface area contributed by atoms with Crippen molar-refractivity contribution in [2.75, 3.05) is 45.9 Å². The smallest absolute Gasteiger partial charge is 0.475 e. The molecule has 11 nitrogen and oxygen atoms in total. The molecule has 0 bridgehead atoms. The Balaban J connectivity index is 0.000000396. The van der Waals surface area contributed by atoms with E-state index < -0.39 is 36.4 Å². The van der Waals surface area contributed by atoms with Gasteiger partial charge in [-0.25, -0.2) is 14.4 Å². The molecular formula is C25H32F9N3O8. The summed E-state index contributed by atoms with van der Waals surface area (Å²) in [5.74, 6) is -8.27. The van der Waals surface area contributed by atoms with Crippen LogP contribution < -0.4 is 0 Å². The highest BCUT2D eigenvalue weighted by molar-refractivity contribution is 5.73. The van der Waals surface area contributed by atoms with E-state index in [0.29, 0.717) is 6.10 Å². The van der Waals surface area contributed by atoms with E-state index in [1.165, 1.54) is 25.9 Å². The van der Waals surface area contributed by atoms with E-state index in [1.807, 2.05) is 12.3 Å². The zero-order valence-electron chi connectivity index (χ0n) is 23.5. The molecule has 1 spiro atoms. The second-order valence-corrected chi connectivity index (χ2v) is 9.96. The van der Waals surface area contributed by atoms with Crippen molar-refractivity contribution in [3.05, 3.63) is 30.1 Å². The van der Waals surface area contributed by atoms with Gasteiger partial charge in [-0.3, -0.25) is 9.88 Å². The van der Waals surface area contributed by atoms with Gasteiger partial charge in [0.05, 0.1) is 25.0 Å². The summed E-state index contributed by atoms with van der Waals surface area (Å²) in [6, 6.07) is 6.13. The minimum atomic E-state index is -5.08. The van der Waals surface area contributed by atoms with Crippen LogP contribution in [0.1, 0.15) is 31.4 Å². The number of ether oxygens (including phenoxy) is 2. The van der Waals surface area contributed by atoms with Gasteiger partial charge in [0.2, 0.25) is 0 Å². The van der Waals surface area contributed by atoms with Crippen molar-refractivity contribution < 1.29 is 78.7 Å². The SMILES string of the molecule is O=C(O)C(F)(F)F.O=C(O)C(F)(F)F.O=C(O)C(F)(F)F.c1ccc(CN2CCOCC3(CCC(CN4CCCC4)O3)C2)nc1. The molecule has 0 saturated carbocycles. The van der Waals surface area contributed by atoms with Gasteiger partial charge < -0.3 is 29.7 Å². The fraction of sp³-hybridized carbons (Fsp3) is 0.680. The molecule has 1 aromatic rings. The van der Waals surface area contributed by atoms with Crippen molar-refractivity contribution in [1.29, 1.82) is 0 Å². The molecule has 4 rings (SSSR count). The fourth-order valence-electron chi connectivity index (χ4n) is 4.34. The molecule has 3 N–H and O–H groups in total. The van der Waals surface area contributed by atoms with Gasteiger partial charge in [-0.05, 0) is 50.9 Å². The monoisotopic (exact) mass is 673 g/mol. The molecule has 258 valence electrons. The molecule has 1 aromatic heterocycles.